The Hall–Kier alpha value is -0.650. The smallest absolute Gasteiger partial charge is 0.249 e. The van der Waals surface area contributed by atoms with E-state index in [-0.39, 0.29) is 6.61 Å². The average Bonchev–Trinajstić information content (AvgIpc) is 2.51. The van der Waals surface area contributed by atoms with Gasteiger partial charge in [0, 0.05) is 12.8 Å². The van der Waals surface area contributed by atoms with E-state index in [2.05, 4.69) is 0 Å². The lowest BCUT2D eigenvalue weighted by Gasteiger charge is -2.30. The Morgan fingerprint density at radius 2 is 2.46 bits per heavy atom. The lowest BCUT2D eigenvalue weighted by Crippen LogP contribution is -2.40. The molecule has 0 aliphatic carbocycles. The molecule has 2 atom stereocenters. The van der Waals surface area contributed by atoms with Gasteiger partial charge in [0.2, 0.25) is 5.91 Å². The third-order valence-electron chi connectivity index (χ3n) is 2.25. The van der Waals surface area contributed by atoms with E-state index in [1.165, 1.54) is 0 Å². The lowest BCUT2D eigenvalue weighted by molar-refractivity contribution is -0.179. The van der Waals surface area contributed by atoms with Gasteiger partial charge >= 0.3 is 0 Å². The molecule has 2 fully saturated rings. The van der Waals surface area contributed by atoms with Gasteiger partial charge in [-0.25, -0.2) is 0 Å². The van der Waals surface area contributed by atoms with Crippen molar-refractivity contribution in [2.75, 3.05) is 19.8 Å². The van der Waals surface area contributed by atoms with Crippen molar-refractivity contribution >= 4 is 5.91 Å². The molecule has 2 N–H and O–H groups in total. The van der Waals surface area contributed by atoms with E-state index in [0.29, 0.717) is 19.6 Å². The molecule has 13 heavy (non-hydrogen) atoms. The average molecular weight is 186 g/mol. The van der Waals surface area contributed by atoms with Crippen molar-refractivity contribution in [3.63, 3.8) is 0 Å². The molecule has 1 amide bonds. The van der Waals surface area contributed by atoms with Crippen LogP contribution in [0.1, 0.15) is 6.42 Å². The first-order chi connectivity index (χ1) is 6.22. The molecule has 2 unspecified atom stereocenters. The first-order valence-electron chi connectivity index (χ1n) is 4.25. The molecule has 0 aromatic carbocycles. The monoisotopic (exact) mass is 186 g/mol. The van der Waals surface area contributed by atoms with E-state index in [9.17, 15) is 4.79 Å². The number of nitrogens with two attached hydrogens (primary N) is 1. The third-order valence-corrected chi connectivity index (χ3v) is 2.25. The number of hydrogen-bond acceptors (Lipinski definition) is 4. The number of carbonyl (C=O) groups is 1. The maximum absolute atomic E-state index is 10.8. The second-order valence-corrected chi connectivity index (χ2v) is 3.16. The SMILES string of the molecule is NC(=O)C1COC2([CH]COCC2)O1. The third kappa shape index (κ3) is 1.67. The van der Waals surface area contributed by atoms with Crippen LogP contribution in [0.5, 0.6) is 0 Å². The highest BCUT2D eigenvalue weighted by Gasteiger charge is 2.44. The van der Waals surface area contributed by atoms with Crippen LogP contribution in [0.3, 0.4) is 0 Å². The molecule has 2 aliphatic heterocycles. The maximum atomic E-state index is 10.8. The highest BCUT2D eigenvalue weighted by atomic mass is 16.7. The molecule has 0 aromatic heterocycles. The van der Waals surface area contributed by atoms with Gasteiger partial charge < -0.3 is 19.9 Å². The second-order valence-electron chi connectivity index (χ2n) is 3.16. The quantitative estimate of drug-likeness (QED) is 0.582. The first kappa shape index (κ1) is 8.93. The molecular weight excluding hydrogens is 174 g/mol. The summed E-state index contributed by atoms with van der Waals surface area (Å²) < 4.78 is 15.9. The van der Waals surface area contributed by atoms with Crippen molar-refractivity contribution in [1.29, 1.82) is 0 Å². The molecule has 0 saturated carbocycles. The van der Waals surface area contributed by atoms with E-state index in [1.54, 1.807) is 6.42 Å². The van der Waals surface area contributed by atoms with Gasteiger partial charge in [0.25, 0.3) is 0 Å². The lowest BCUT2D eigenvalue weighted by atomic mass is 10.1. The maximum Gasteiger partial charge on any atom is 0.249 e. The van der Waals surface area contributed by atoms with E-state index < -0.39 is 17.8 Å². The Bertz CT molecular complexity index is 212. The molecule has 2 rings (SSSR count). The fourth-order valence-electron chi connectivity index (χ4n) is 1.49. The van der Waals surface area contributed by atoms with Crippen LogP contribution in [0, 0.1) is 6.42 Å². The minimum absolute atomic E-state index is 0.242. The molecule has 0 bridgehead atoms. The van der Waals surface area contributed by atoms with Crippen LogP contribution in [0.25, 0.3) is 0 Å². The van der Waals surface area contributed by atoms with E-state index >= 15 is 0 Å². The zero-order valence-electron chi connectivity index (χ0n) is 7.19. The molecule has 2 saturated heterocycles. The van der Waals surface area contributed by atoms with Crippen molar-refractivity contribution in [1.82, 2.24) is 0 Å². The summed E-state index contributed by atoms with van der Waals surface area (Å²) >= 11 is 0. The predicted molar refractivity (Wildman–Crippen MR) is 42.5 cm³/mol. The van der Waals surface area contributed by atoms with Crippen LogP contribution < -0.4 is 5.73 Å². The van der Waals surface area contributed by atoms with Gasteiger partial charge in [0.15, 0.2) is 11.9 Å². The van der Waals surface area contributed by atoms with Gasteiger partial charge in [-0.3, -0.25) is 4.79 Å². The zero-order valence-corrected chi connectivity index (χ0v) is 7.19. The summed E-state index contributed by atoms with van der Waals surface area (Å²) in [5.41, 5.74) is 5.10. The van der Waals surface area contributed by atoms with Crippen molar-refractivity contribution < 1.29 is 19.0 Å². The predicted octanol–water partition coefficient (Wildman–Crippen LogP) is -0.792. The van der Waals surface area contributed by atoms with E-state index in [0.717, 1.165) is 0 Å². The van der Waals surface area contributed by atoms with Crippen LogP contribution in [-0.4, -0.2) is 37.6 Å². The number of amides is 1. The number of hydrogen-bond donors (Lipinski definition) is 1. The van der Waals surface area contributed by atoms with Crippen LogP contribution in [0.15, 0.2) is 0 Å². The molecule has 2 aliphatic rings. The largest absolute Gasteiger partial charge is 0.381 e. The minimum atomic E-state index is -0.724. The summed E-state index contributed by atoms with van der Waals surface area (Å²) in [5, 5.41) is 0. The fraction of sp³-hybridized carbons (Fsp3) is 0.750. The number of rotatable bonds is 1. The van der Waals surface area contributed by atoms with Crippen molar-refractivity contribution in [3.05, 3.63) is 6.42 Å². The number of carbonyl (C=O) groups excluding carboxylic acids is 1. The summed E-state index contributed by atoms with van der Waals surface area (Å²) in [5.74, 6) is -1.20. The summed E-state index contributed by atoms with van der Waals surface area (Å²) in [4.78, 5) is 10.8. The molecule has 1 spiro atoms. The Balaban J connectivity index is 1.98. The Labute approximate surface area is 76.1 Å². The Morgan fingerprint density at radius 3 is 3.00 bits per heavy atom. The Kier molecular flexibility index (Phi) is 2.23. The van der Waals surface area contributed by atoms with E-state index in [1.807, 2.05) is 0 Å². The van der Waals surface area contributed by atoms with Gasteiger partial charge in [-0.15, -0.1) is 0 Å². The van der Waals surface area contributed by atoms with Crippen LogP contribution >= 0.6 is 0 Å². The Morgan fingerprint density at radius 1 is 1.62 bits per heavy atom. The highest BCUT2D eigenvalue weighted by Crippen LogP contribution is 2.32. The molecule has 5 nitrogen and oxygen atoms in total. The molecule has 1 radical (unpaired) electrons. The summed E-state index contributed by atoms with van der Waals surface area (Å²) in [7, 11) is 0. The van der Waals surface area contributed by atoms with Crippen molar-refractivity contribution in [2.45, 2.75) is 18.3 Å². The van der Waals surface area contributed by atoms with Gasteiger partial charge in [0.1, 0.15) is 0 Å². The molecule has 0 aromatic rings. The summed E-state index contributed by atoms with van der Waals surface area (Å²) in [6.07, 6.45) is 1.80. The topological polar surface area (TPSA) is 70.8 Å². The molecular formula is C8H12NO4. The van der Waals surface area contributed by atoms with E-state index in [4.69, 9.17) is 19.9 Å². The van der Waals surface area contributed by atoms with Crippen LogP contribution in [0.4, 0.5) is 0 Å². The van der Waals surface area contributed by atoms with Crippen molar-refractivity contribution in [2.24, 2.45) is 5.73 Å². The normalized spacial score (nSPS) is 32.2. The van der Waals surface area contributed by atoms with Crippen molar-refractivity contribution in [3.8, 4) is 0 Å². The van der Waals surface area contributed by atoms with Gasteiger partial charge in [-0.2, -0.15) is 0 Å². The van der Waals surface area contributed by atoms with Gasteiger partial charge in [-0.05, 0) is 0 Å². The summed E-state index contributed by atoms with van der Waals surface area (Å²) in [6.45, 7) is 1.32. The minimum Gasteiger partial charge on any atom is -0.381 e. The first-order valence-corrected chi connectivity index (χ1v) is 4.25. The molecule has 2 heterocycles. The molecule has 5 heteroatoms. The van der Waals surface area contributed by atoms with Gasteiger partial charge in [-0.1, -0.05) is 0 Å². The van der Waals surface area contributed by atoms with Crippen LogP contribution in [0.2, 0.25) is 0 Å². The number of primary amides is 1. The number of ether oxygens (including phenoxy) is 3. The zero-order chi connectivity index (χ0) is 9.31. The standard InChI is InChI=1S/C8H12NO4/c9-7(10)6-5-12-8(13-6)1-3-11-4-2-8/h1,6H,2-5H2,(H2,9,10). The highest BCUT2D eigenvalue weighted by molar-refractivity contribution is 5.79. The molecule has 73 valence electrons. The fourth-order valence-corrected chi connectivity index (χ4v) is 1.49. The second kappa shape index (κ2) is 3.25. The van der Waals surface area contributed by atoms with Crippen LogP contribution in [-0.2, 0) is 19.0 Å². The van der Waals surface area contributed by atoms with Gasteiger partial charge in [0.05, 0.1) is 19.8 Å². The summed E-state index contributed by atoms with van der Waals surface area (Å²) in [6, 6.07) is 0.